The summed E-state index contributed by atoms with van der Waals surface area (Å²) in [4.78, 5) is 0. The van der Waals surface area contributed by atoms with E-state index in [0.29, 0.717) is 5.75 Å². The first-order valence-corrected chi connectivity index (χ1v) is 4.51. The second-order valence-corrected chi connectivity index (χ2v) is 2.59. The summed E-state index contributed by atoms with van der Waals surface area (Å²) in [6.07, 6.45) is 5.13. The zero-order chi connectivity index (χ0) is 11.5. The van der Waals surface area contributed by atoms with Gasteiger partial charge >= 0.3 is 0 Å². The number of aromatic hydroxyl groups is 1. The van der Waals surface area contributed by atoms with Crippen LogP contribution in [0.25, 0.3) is 0 Å². The van der Waals surface area contributed by atoms with Gasteiger partial charge in [-0.3, -0.25) is 0 Å². The molecule has 0 bridgehead atoms. The molecule has 0 amide bonds. The van der Waals surface area contributed by atoms with Crippen LogP contribution in [-0.4, -0.2) is 5.11 Å². The van der Waals surface area contributed by atoms with Gasteiger partial charge in [0.05, 0.1) is 12.5 Å². The molecule has 0 unspecified atom stereocenters. The minimum Gasteiger partial charge on any atom is -0.508 e. The van der Waals surface area contributed by atoms with Crippen molar-refractivity contribution in [2.24, 2.45) is 0 Å². The van der Waals surface area contributed by atoms with E-state index < -0.39 is 0 Å². The fourth-order valence-corrected chi connectivity index (χ4v) is 0.907. The molecule has 1 N–H and O–H groups in total. The largest absolute Gasteiger partial charge is 0.508 e. The zero-order valence-electron chi connectivity index (χ0n) is 8.73. The molecule has 0 aromatic heterocycles. The number of benzene rings is 1. The molecular weight excluding hydrogens is 188 g/mol. The van der Waals surface area contributed by atoms with Crippen LogP contribution in [0.2, 0.25) is 0 Å². The molecule has 0 aliphatic rings. The van der Waals surface area contributed by atoms with Crippen LogP contribution >= 0.6 is 0 Å². The molecule has 0 fully saturated rings. The summed E-state index contributed by atoms with van der Waals surface area (Å²) in [5, 5.41) is 9.19. The average molecular weight is 204 g/mol. The van der Waals surface area contributed by atoms with Gasteiger partial charge in [-0.2, -0.15) is 0 Å². The monoisotopic (exact) mass is 204 g/mol. The van der Waals surface area contributed by atoms with Gasteiger partial charge in [0.2, 0.25) is 0 Å². The van der Waals surface area contributed by atoms with Crippen LogP contribution in [-0.2, 0) is 11.2 Å². The van der Waals surface area contributed by atoms with E-state index in [-0.39, 0.29) is 0 Å². The Kier molecular flexibility index (Phi) is 7.50. The van der Waals surface area contributed by atoms with Crippen molar-refractivity contribution in [2.75, 3.05) is 0 Å². The summed E-state index contributed by atoms with van der Waals surface area (Å²) in [5.41, 5.74) is 0.928. The van der Waals surface area contributed by atoms with Gasteiger partial charge in [-0.25, -0.2) is 0 Å². The van der Waals surface area contributed by atoms with Crippen LogP contribution in [0.4, 0.5) is 0 Å². The Morgan fingerprint density at radius 3 is 2.13 bits per heavy atom. The van der Waals surface area contributed by atoms with E-state index in [0.717, 1.165) is 12.0 Å². The minimum absolute atomic E-state index is 0.349. The van der Waals surface area contributed by atoms with E-state index in [1.54, 1.807) is 12.1 Å². The maximum absolute atomic E-state index is 9.19. The third kappa shape index (κ3) is 6.16. The van der Waals surface area contributed by atoms with E-state index >= 15 is 0 Å². The average Bonchev–Trinajstić information content (AvgIpc) is 2.24. The summed E-state index contributed by atoms with van der Waals surface area (Å²) in [6, 6.07) is 7.27. The molecule has 0 heterocycles. The predicted molar refractivity (Wildman–Crippen MR) is 63.5 cm³/mol. The van der Waals surface area contributed by atoms with Crippen molar-refractivity contribution in [3.63, 3.8) is 0 Å². The number of hydrogen-bond donors (Lipinski definition) is 1. The highest BCUT2D eigenvalue weighted by molar-refractivity contribution is 5.32. The maximum Gasteiger partial charge on any atom is 0.119 e. The van der Waals surface area contributed by atoms with Crippen molar-refractivity contribution in [2.45, 2.75) is 6.42 Å². The summed E-state index contributed by atoms with van der Waals surface area (Å²) in [6.45, 7) is 10.1. The third-order valence-electron chi connectivity index (χ3n) is 1.55. The Labute approximate surface area is 90.8 Å². The highest BCUT2D eigenvalue weighted by Gasteiger charge is 1.93. The van der Waals surface area contributed by atoms with E-state index in [2.05, 4.69) is 24.5 Å². The number of ether oxygens (including phenoxy) is 1. The number of para-hydroxylation sites is 1. The number of hydrogen-bond acceptors (Lipinski definition) is 2. The first-order chi connectivity index (χ1) is 7.26. The summed E-state index contributed by atoms with van der Waals surface area (Å²) in [7, 11) is 0. The topological polar surface area (TPSA) is 29.5 Å². The van der Waals surface area contributed by atoms with Gasteiger partial charge in [0, 0.05) is 0 Å². The van der Waals surface area contributed by atoms with Crippen LogP contribution in [0, 0.1) is 0 Å². The zero-order valence-corrected chi connectivity index (χ0v) is 8.73. The molecule has 80 valence electrons. The van der Waals surface area contributed by atoms with Gasteiger partial charge in [0.15, 0.2) is 0 Å². The van der Waals surface area contributed by atoms with Crippen molar-refractivity contribution < 1.29 is 9.84 Å². The Morgan fingerprint density at radius 1 is 1.13 bits per heavy atom. The van der Waals surface area contributed by atoms with Crippen LogP contribution in [0.15, 0.2) is 62.6 Å². The molecule has 2 nitrogen and oxygen atoms in total. The molecule has 0 radical (unpaired) electrons. The van der Waals surface area contributed by atoms with Crippen LogP contribution in [0.3, 0.4) is 0 Å². The molecule has 0 aliphatic carbocycles. The van der Waals surface area contributed by atoms with E-state index in [1.807, 2.05) is 18.2 Å². The summed E-state index contributed by atoms with van der Waals surface area (Å²) >= 11 is 0. The molecule has 0 saturated heterocycles. The van der Waals surface area contributed by atoms with Crippen LogP contribution < -0.4 is 0 Å². The highest BCUT2D eigenvalue weighted by atomic mass is 16.5. The van der Waals surface area contributed by atoms with Crippen molar-refractivity contribution in [1.29, 1.82) is 0 Å². The minimum atomic E-state index is 0.349. The fourth-order valence-electron chi connectivity index (χ4n) is 0.907. The summed E-state index contributed by atoms with van der Waals surface area (Å²) in [5.74, 6) is 0.349. The van der Waals surface area contributed by atoms with Gasteiger partial charge in [-0.15, -0.1) is 6.58 Å². The molecule has 1 aromatic rings. The lowest BCUT2D eigenvalue weighted by Crippen LogP contribution is -1.79. The molecule has 0 atom stereocenters. The molecule has 15 heavy (non-hydrogen) atoms. The van der Waals surface area contributed by atoms with Crippen molar-refractivity contribution in [1.82, 2.24) is 0 Å². The Bertz CT molecular complexity index is 310. The smallest absolute Gasteiger partial charge is 0.119 e. The first-order valence-electron chi connectivity index (χ1n) is 4.51. The highest BCUT2D eigenvalue weighted by Crippen LogP contribution is 2.15. The number of phenolic OH excluding ortho intramolecular Hbond substituents is 1. The quantitative estimate of drug-likeness (QED) is 0.601. The van der Waals surface area contributed by atoms with Crippen molar-refractivity contribution >= 4 is 0 Å². The van der Waals surface area contributed by atoms with E-state index in [1.165, 1.54) is 12.5 Å². The van der Waals surface area contributed by atoms with Crippen LogP contribution in [0.5, 0.6) is 5.75 Å². The summed E-state index contributed by atoms with van der Waals surface area (Å²) < 4.78 is 4.36. The third-order valence-corrected chi connectivity index (χ3v) is 1.55. The van der Waals surface area contributed by atoms with Crippen molar-refractivity contribution in [3.8, 4) is 5.75 Å². The maximum atomic E-state index is 9.19. The molecule has 1 rings (SSSR count). The van der Waals surface area contributed by atoms with Gasteiger partial charge in [-0.1, -0.05) is 37.4 Å². The van der Waals surface area contributed by atoms with E-state index in [4.69, 9.17) is 0 Å². The Morgan fingerprint density at radius 2 is 1.73 bits per heavy atom. The molecule has 1 aromatic carbocycles. The molecule has 0 saturated carbocycles. The van der Waals surface area contributed by atoms with Gasteiger partial charge in [0.1, 0.15) is 5.75 Å². The molecule has 2 heteroatoms. The normalized spacial score (nSPS) is 8.00. The number of phenols is 1. The lowest BCUT2D eigenvalue weighted by molar-refractivity contribution is 0.406. The number of rotatable bonds is 4. The molecule has 0 spiro atoms. The lowest BCUT2D eigenvalue weighted by atomic mass is 10.1. The van der Waals surface area contributed by atoms with E-state index in [9.17, 15) is 5.11 Å². The van der Waals surface area contributed by atoms with Gasteiger partial charge in [-0.05, 0) is 18.1 Å². The lowest BCUT2D eigenvalue weighted by Gasteiger charge is -1.97. The molecule has 0 aliphatic heterocycles. The Balaban J connectivity index is 0.000000336. The Hall–Kier alpha value is -1.96. The second-order valence-electron chi connectivity index (χ2n) is 2.59. The van der Waals surface area contributed by atoms with Gasteiger partial charge < -0.3 is 9.84 Å². The van der Waals surface area contributed by atoms with Crippen molar-refractivity contribution in [3.05, 3.63) is 68.2 Å². The second kappa shape index (κ2) is 8.63. The molecular formula is C13H16O2. The fraction of sp³-hybridized carbons (Fsp3) is 0.0769. The van der Waals surface area contributed by atoms with Gasteiger partial charge in [0.25, 0.3) is 0 Å². The SMILES string of the molecule is C=CCc1ccccc1O.C=COC=C. The first kappa shape index (κ1) is 13.0. The predicted octanol–water partition coefficient (Wildman–Crippen LogP) is 3.41. The van der Waals surface area contributed by atoms with Crippen LogP contribution in [0.1, 0.15) is 5.56 Å². The number of allylic oxidation sites excluding steroid dienone is 1. The standard InChI is InChI=1S/C9H10O.C4H6O/c1-2-5-8-6-3-4-7-9(8)10;1-3-5-4-2/h2-4,6-7,10H,1,5H2;3-4H,1-2H2.